The second kappa shape index (κ2) is 21.4. The number of allylic oxidation sites excluding steroid dienone is 4. The molecule has 0 aliphatic rings. The van der Waals surface area contributed by atoms with Gasteiger partial charge in [-0.05, 0) is 109 Å². The zero-order valence-electron chi connectivity index (χ0n) is 32.9. The molecule has 5 rings (SSSR count). The molecule has 5 aromatic carbocycles. The third kappa shape index (κ3) is 11.1. The zero-order chi connectivity index (χ0) is 40.6. The Morgan fingerprint density at radius 3 is 0.930 bits per heavy atom. The van der Waals surface area contributed by atoms with Crippen molar-refractivity contribution >= 4 is 22.7 Å². The van der Waals surface area contributed by atoms with E-state index < -0.39 is 17.1 Å². The highest BCUT2D eigenvalue weighted by molar-refractivity contribution is 7.68. The van der Waals surface area contributed by atoms with Gasteiger partial charge in [0.25, 0.3) is 0 Å². The first-order valence-electron chi connectivity index (χ1n) is 18.2. The molecule has 0 amide bonds. The van der Waals surface area contributed by atoms with Gasteiger partial charge in [0, 0.05) is 0 Å². The monoisotopic (exact) mass is 805 g/mol. The Bertz CT molecular complexity index is 1870. The van der Waals surface area contributed by atoms with Crippen LogP contribution >= 0.6 is 17.1 Å². The van der Waals surface area contributed by atoms with Gasteiger partial charge in [0.1, 0.15) is 0 Å². The lowest BCUT2D eigenvalue weighted by molar-refractivity contribution is 0.373. The third-order valence-corrected chi connectivity index (χ3v) is 11.8. The first kappa shape index (κ1) is 42.3. The molecular weight excluding hydrogens is 756 g/mol. The number of anilines is 1. The van der Waals surface area contributed by atoms with E-state index in [-0.39, 0.29) is 0 Å². The van der Waals surface area contributed by atoms with Crippen molar-refractivity contribution in [1.29, 1.82) is 0 Å². The predicted octanol–water partition coefficient (Wildman–Crippen LogP) is 12.2. The number of rotatable bonds is 23. The van der Waals surface area contributed by atoms with E-state index in [9.17, 15) is 0 Å². The molecule has 0 bridgehead atoms. The summed E-state index contributed by atoms with van der Waals surface area (Å²) in [6, 6.07) is 32.6. The highest BCUT2D eigenvalue weighted by Gasteiger charge is 2.40. The summed E-state index contributed by atoms with van der Waals surface area (Å²) < 4.78 is 53.2. The van der Waals surface area contributed by atoms with Crippen LogP contribution in [0.15, 0.2) is 154 Å². The second-order valence-electron chi connectivity index (χ2n) is 12.4. The Kier molecular flexibility index (Phi) is 15.9. The smallest absolute Gasteiger partial charge is 0.426 e. The molecule has 0 saturated heterocycles. The minimum Gasteiger partial charge on any atom is -0.493 e. The van der Waals surface area contributed by atoms with Crippen LogP contribution < -0.4 is 41.5 Å². The topological polar surface area (TPSA) is 77.1 Å². The highest BCUT2D eigenvalue weighted by Crippen LogP contribution is 2.62. The third-order valence-electron chi connectivity index (χ3n) is 8.43. The molecule has 0 saturated carbocycles. The van der Waals surface area contributed by atoms with Gasteiger partial charge in [0.2, 0.25) is 0 Å². The molecule has 296 valence electrons. The van der Waals surface area contributed by atoms with Crippen molar-refractivity contribution in [3.05, 3.63) is 176 Å². The van der Waals surface area contributed by atoms with E-state index in [1.807, 2.05) is 132 Å². The maximum Gasteiger partial charge on any atom is 0.426 e. The van der Waals surface area contributed by atoms with Gasteiger partial charge >= 0.3 is 17.1 Å². The summed E-state index contributed by atoms with van der Waals surface area (Å²) in [5.41, 5.74) is 4.71. The molecule has 0 spiro atoms. The minimum atomic E-state index is -2.21. The molecule has 11 heteroatoms. The van der Waals surface area contributed by atoms with Gasteiger partial charge in [0.15, 0.2) is 46.0 Å². The van der Waals surface area contributed by atoms with Crippen LogP contribution in [0.4, 0.5) is 5.69 Å². The number of para-hydroxylation sites is 1. The fraction of sp³-hybridized carbons (Fsp3) is 0.174. The van der Waals surface area contributed by atoms with Crippen LogP contribution in [-0.4, -0.2) is 28.4 Å². The fourth-order valence-electron chi connectivity index (χ4n) is 5.66. The number of hydrogen-bond donors (Lipinski definition) is 0. The van der Waals surface area contributed by atoms with Crippen molar-refractivity contribution in [2.24, 2.45) is 0 Å². The van der Waals surface area contributed by atoms with Crippen molar-refractivity contribution in [2.75, 3.05) is 32.9 Å². The van der Waals surface area contributed by atoms with Crippen LogP contribution in [0.25, 0.3) is 0 Å². The van der Waals surface area contributed by atoms with Gasteiger partial charge < -0.3 is 37.0 Å². The van der Waals surface area contributed by atoms with Gasteiger partial charge in [-0.2, -0.15) is 4.44 Å². The van der Waals surface area contributed by atoms with E-state index >= 15 is 0 Å². The normalized spacial score (nSPS) is 10.6. The number of ether oxygens (including phenoxy) is 4. The molecule has 0 radical (unpaired) electrons. The van der Waals surface area contributed by atoms with Crippen molar-refractivity contribution < 1.29 is 37.0 Å². The van der Waals surface area contributed by atoms with Crippen molar-refractivity contribution in [1.82, 2.24) is 0 Å². The standard InChI is InChI=1S/C46H49NO8P2/c1-9-16-34-22-26-39(43(30-34)48-5)52-56(53-40-27-23-35(17-10-2)31-44(40)49-6)47(38-20-14-13-15-21-38)57(54-41-28-24-36(18-11-3)32-45(41)50-7)55-42-29-25-37(19-12-4)33-46(42)51-8/h9-15,20-33H,1-4,16-19H2,5-8H3. The van der Waals surface area contributed by atoms with Crippen LogP contribution in [0.5, 0.6) is 46.0 Å². The van der Waals surface area contributed by atoms with Gasteiger partial charge in [0.05, 0.1) is 34.1 Å². The summed E-state index contributed by atoms with van der Waals surface area (Å²) in [5.74, 6) is 3.79. The quantitative estimate of drug-likeness (QED) is 0.0474. The number of nitrogens with zero attached hydrogens (tertiary/aromatic N) is 1. The summed E-state index contributed by atoms with van der Waals surface area (Å²) in [6.07, 6.45) is 9.96. The zero-order valence-corrected chi connectivity index (χ0v) is 34.7. The Hall–Kier alpha value is -5.88. The van der Waals surface area contributed by atoms with E-state index in [4.69, 9.17) is 37.0 Å². The summed E-state index contributed by atoms with van der Waals surface area (Å²) >= 11 is 0. The lowest BCUT2D eigenvalue weighted by atomic mass is 10.1. The summed E-state index contributed by atoms with van der Waals surface area (Å²) in [7, 11) is 1.98. The number of methoxy groups -OCH3 is 4. The van der Waals surface area contributed by atoms with Crippen molar-refractivity contribution in [3.63, 3.8) is 0 Å². The van der Waals surface area contributed by atoms with E-state index in [1.165, 1.54) is 0 Å². The molecule has 0 aromatic heterocycles. The van der Waals surface area contributed by atoms with E-state index in [0.29, 0.717) is 77.4 Å². The van der Waals surface area contributed by atoms with Gasteiger partial charge in [-0.15, -0.1) is 26.3 Å². The van der Waals surface area contributed by atoms with Crippen molar-refractivity contribution in [2.45, 2.75) is 25.7 Å². The minimum absolute atomic E-state index is 0.437. The lowest BCUT2D eigenvalue weighted by Gasteiger charge is -2.35. The first-order chi connectivity index (χ1) is 27.9. The second-order valence-corrected chi connectivity index (χ2v) is 15.2. The van der Waals surface area contributed by atoms with Crippen LogP contribution in [0.3, 0.4) is 0 Å². The molecule has 0 atom stereocenters. The largest absolute Gasteiger partial charge is 0.493 e. The summed E-state index contributed by atoms with van der Waals surface area (Å²) in [6.45, 7) is 15.6. The van der Waals surface area contributed by atoms with E-state index in [2.05, 4.69) is 26.3 Å². The molecule has 57 heavy (non-hydrogen) atoms. The molecule has 0 fully saturated rings. The predicted molar refractivity (Wildman–Crippen MR) is 233 cm³/mol. The van der Waals surface area contributed by atoms with Crippen LogP contribution in [0.2, 0.25) is 0 Å². The van der Waals surface area contributed by atoms with Crippen molar-refractivity contribution in [3.8, 4) is 46.0 Å². The fourth-order valence-corrected chi connectivity index (χ4v) is 8.88. The van der Waals surface area contributed by atoms with E-state index in [1.54, 1.807) is 28.4 Å². The molecule has 0 aliphatic carbocycles. The summed E-state index contributed by atoms with van der Waals surface area (Å²) in [5, 5.41) is 0. The maximum absolute atomic E-state index is 6.96. The average molecular weight is 806 g/mol. The maximum atomic E-state index is 6.96. The number of benzene rings is 5. The number of hydrogen-bond acceptors (Lipinski definition) is 9. The molecular formula is C46H49NO8P2. The Morgan fingerprint density at radius 1 is 0.404 bits per heavy atom. The summed E-state index contributed by atoms with van der Waals surface area (Å²) in [4.78, 5) is 0. The van der Waals surface area contributed by atoms with Gasteiger partial charge in [-0.3, -0.25) is 0 Å². The lowest BCUT2D eigenvalue weighted by Crippen LogP contribution is -2.22. The average Bonchev–Trinajstić information content (AvgIpc) is 3.23. The van der Waals surface area contributed by atoms with Gasteiger partial charge in [-0.1, -0.05) is 66.8 Å². The molecule has 9 nitrogen and oxygen atoms in total. The van der Waals surface area contributed by atoms with Crippen LogP contribution in [0.1, 0.15) is 22.3 Å². The molecule has 5 aromatic rings. The van der Waals surface area contributed by atoms with Gasteiger partial charge in [-0.25, -0.2) is 0 Å². The highest BCUT2D eigenvalue weighted by atomic mass is 31.2. The first-order valence-corrected chi connectivity index (χ1v) is 20.4. The molecule has 0 aliphatic heterocycles. The Balaban J connectivity index is 1.74. The Morgan fingerprint density at radius 2 is 0.684 bits per heavy atom. The van der Waals surface area contributed by atoms with Crippen LogP contribution in [0, 0.1) is 0 Å². The van der Waals surface area contributed by atoms with E-state index in [0.717, 1.165) is 22.3 Å². The molecule has 0 unspecified atom stereocenters. The Labute approximate surface area is 339 Å². The molecule has 0 N–H and O–H groups in total. The SMILES string of the molecule is C=CCc1ccc(OP(Oc2ccc(CC=C)cc2OC)N(c2ccccc2)P(Oc2ccc(CC=C)cc2OC)Oc2ccc(CC=C)cc2OC)c(OC)c1. The van der Waals surface area contributed by atoms with Crippen LogP contribution in [-0.2, 0) is 25.7 Å². The molecule has 0 heterocycles.